The van der Waals surface area contributed by atoms with E-state index in [0.717, 1.165) is 19.4 Å². The van der Waals surface area contributed by atoms with E-state index in [9.17, 15) is 13.2 Å². The number of carbonyl (C=O) groups is 1. The van der Waals surface area contributed by atoms with Crippen molar-refractivity contribution in [3.05, 3.63) is 70.2 Å². The third-order valence-corrected chi connectivity index (χ3v) is 8.35. The summed E-state index contributed by atoms with van der Waals surface area (Å²) in [5, 5.41) is 2.73. The number of benzene rings is 2. The van der Waals surface area contributed by atoms with Gasteiger partial charge in [0.2, 0.25) is 5.91 Å². The van der Waals surface area contributed by atoms with Gasteiger partial charge in [-0.3, -0.25) is 14.4 Å². The number of anilines is 2. The van der Waals surface area contributed by atoms with Gasteiger partial charge in [-0.2, -0.15) is 0 Å². The van der Waals surface area contributed by atoms with E-state index in [1.54, 1.807) is 22.4 Å². The highest BCUT2D eigenvalue weighted by Crippen LogP contribution is 2.30. The van der Waals surface area contributed by atoms with Gasteiger partial charge >= 0.3 is 0 Å². The van der Waals surface area contributed by atoms with E-state index in [-0.39, 0.29) is 16.8 Å². The number of sulfonamides is 1. The Morgan fingerprint density at radius 1 is 1.09 bits per heavy atom. The van der Waals surface area contributed by atoms with Crippen LogP contribution >= 0.6 is 22.9 Å². The second kappa shape index (κ2) is 8.47. The molecule has 166 valence electrons. The van der Waals surface area contributed by atoms with Gasteiger partial charge < -0.3 is 4.90 Å². The van der Waals surface area contributed by atoms with Crippen LogP contribution in [0.4, 0.5) is 10.8 Å². The lowest BCUT2D eigenvalue weighted by Crippen LogP contribution is -2.44. The summed E-state index contributed by atoms with van der Waals surface area (Å²) in [5.74, 6) is 0.0481. The Bertz CT molecular complexity index is 1250. The van der Waals surface area contributed by atoms with Crippen molar-refractivity contribution in [1.82, 2.24) is 9.88 Å². The summed E-state index contributed by atoms with van der Waals surface area (Å²) in [6.07, 6.45) is 3.17. The first-order chi connectivity index (χ1) is 15.4. The Kier molecular flexibility index (Phi) is 5.66. The lowest BCUT2D eigenvalue weighted by atomic mass is 9.98. The number of thiazole rings is 1. The third kappa shape index (κ3) is 4.13. The Hall–Kier alpha value is -2.46. The highest BCUT2D eigenvalue weighted by molar-refractivity contribution is 7.93. The van der Waals surface area contributed by atoms with Crippen LogP contribution in [-0.2, 0) is 27.8 Å². The number of fused-ring (bicyclic) bond motifs is 1. The molecule has 0 aliphatic carbocycles. The lowest BCUT2D eigenvalue weighted by Gasteiger charge is -2.32. The number of amides is 1. The molecule has 0 bridgehead atoms. The topological polar surface area (TPSA) is 82.6 Å². The van der Waals surface area contributed by atoms with E-state index < -0.39 is 10.0 Å². The van der Waals surface area contributed by atoms with Crippen molar-refractivity contribution >= 4 is 49.7 Å². The summed E-state index contributed by atoms with van der Waals surface area (Å²) in [6, 6.07) is 12.2. The van der Waals surface area contributed by atoms with Crippen LogP contribution in [0, 0.1) is 0 Å². The van der Waals surface area contributed by atoms with Crippen LogP contribution in [0.5, 0.6) is 0 Å². The molecule has 7 nitrogen and oxygen atoms in total. The quantitative estimate of drug-likeness (QED) is 0.591. The molecule has 1 atom stereocenters. The molecule has 0 radical (unpaired) electrons. The fraction of sp³-hybridized carbons (Fsp3) is 0.273. The molecular formula is C22H21ClN4O3S2. The fourth-order valence-corrected chi connectivity index (χ4v) is 6.31. The number of nitrogens with zero attached hydrogens (tertiary/aromatic N) is 3. The van der Waals surface area contributed by atoms with Gasteiger partial charge in [0.05, 0.1) is 10.9 Å². The molecule has 2 aromatic carbocycles. The van der Waals surface area contributed by atoms with Crippen LogP contribution in [0.3, 0.4) is 0 Å². The van der Waals surface area contributed by atoms with Crippen LogP contribution < -0.4 is 9.62 Å². The number of hydrogen-bond donors (Lipinski definition) is 1. The minimum atomic E-state index is -3.72. The monoisotopic (exact) mass is 488 g/mol. The van der Waals surface area contributed by atoms with Crippen LogP contribution in [0.25, 0.3) is 0 Å². The summed E-state index contributed by atoms with van der Waals surface area (Å²) >= 11 is 7.37. The van der Waals surface area contributed by atoms with Gasteiger partial charge in [-0.25, -0.2) is 13.4 Å². The van der Waals surface area contributed by atoms with Crippen molar-refractivity contribution in [2.75, 3.05) is 22.7 Å². The number of rotatable bonds is 5. The Balaban J connectivity index is 1.29. The zero-order chi connectivity index (χ0) is 22.3. The Labute approximate surface area is 195 Å². The minimum absolute atomic E-state index is 0.0481. The van der Waals surface area contributed by atoms with Crippen molar-refractivity contribution < 1.29 is 13.2 Å². The molecule has 1 aromatic heterocycles. The van der Waals surface area contributed by atoms with Crippen LogP contribution in [0.1, 0.15) is 17.5 Å². The largest absolute Gasteiger partial charge is 0.311 e. The predicted molar refractivity (Wildman–Crippen MR) is 126 cm³/mol. The van der Waals surface area contributed by atoms with Gasteiger partial charge in [-0.1, -0.05) is 17.7 Å². The second-order valence-electron chi connectivity index (χ2n) is 7.86. The van der Waals surface area contributed by atoms with Gasteiger partial charge in [0, 0.05) is 41.9 Å². The fourth-order valence-electron chi connectivity index (χ4n) is 4.33. The number of halogens is 1. The molecule has 0 saturated carbocycles. The Morgan fingerprint density at radius 3 is 2.66 bits per heavy atom. The van der Waals surface area contributed by atoms with Crippen molar-refractivity contribution in [3.8, 4) is 0 Å². The normalized spacial score (nSPS) is 19.2. The minimum Gasteiger partial charge on any atom is -0.311 e. The maximum Gasteiger partial charge on any atom is 0.263 e. The van der Waals surface area contributed by atoms with Crippen molar-refractivity contribution in [2.45, 2.75) is 30.3 Å². The highest BCUT2D eigenvalue weighted by atomic mass is 35.5. The molecule has 1 N–H and O–H groups in total. The summed E-state index contributed by atoms with van der Waals surface area (Å²) in [5.41, 5.74) is 3.17. The lowest BCUT2D eigenvalue weighted by molar-refractivity contribution is -0.122. The average molecular weight is 489 g/mol. The van der Waals surface area contributed by atoms with Gasteiger partial charge in [0.15, 0.2) is 5.13 Å². The van der Waals surface area contributed by atoms with Crippen LogP contribution in [0.2, 0.25) is 5.02 Å². The van der Waals surface area contributed by atoms with E-state index in [1.807, 2.05) is 12.1 Å². The van der Waals surface area contributed by atoms with E-state index >= 15 is 0 Å². The number of nitrogens with one attached hydrogen (secondary N) is 1. The number of aromatic nitrogens is 1. The van der Waals surface area contributed by atoms with E-state index in [4.69, 9.17) is 11.6 Å². The first-order valence-electron chi connectivity index (χ1n) is 10.3. The zero-order valence-corrected chi connectivity index (χ0v) is 19.5. The standard InChI is InChI=1S/C22H21ClN4O3S2/c23-17-2-1-15-7-10-26(14-16(15)13-17)20-8-11-27(21(20)28)18-3-5-19(6-4-18)32(29,30)25-22-24-9-12-31-22/h1-6,9,12-13,20H,7-8,10-11,14H2,(H,24,25). The van der Waals surface area contributed by atoms with Crippen molar-refractivity contribution in [1.29, 1.82) is 0 Å². The van der Waals surface area contributed by atoms with Gasteiger partial charge in [0.1, 0.15) is 0 Å². The van der Waals surface area contributed by atoms with E-state index in [2.05, 4.69) is 20.7 Å². The van der Waals surface area contributed by atoms with E-state index in [1.165, 1.54) is 40.8 Å². The van der Waals surface area contributed by atoms with Gasteiger partial charge in [-0.15, -0.1) is 11.3 Å². The maximum absolute atomic E-state index is 13.2. The highest BCUT2D eigenvalue weighted by Gasteiger charge is 2.37. The summed E-state index contributed by atoms with van der Waals surface area (Å²) < 4.78 is 27.5. The molecule has 1 fully saturated rings. The van der Waals surface area contributed by atoms with Gasteiger partial charge in [-0.05, 0) is 60.4 Å². The molecule has 1 unspecified atom stereocenters. The molecule has 3 heterocycles. The van der Waals surface area contributed by atoms with Crippen molar-refractivity contribution in [2.24, 2.45) is 0 Å². The first-order valence-corrected chi connectivity index (χ1v) is 13.0. The molecule has 32 heavy (non-hydrogen) atoms. The third-order valence-electron chi connectivity index (χ3n) is 5.94. The van der Waals surface area contributed by atoms with Crippen molar-refractivity contribution in [3.63, 3.8) is 0 Å². The summed E-state index contributed by atoms with van der Waals surface area (Å²) in [7, 11) is -3.72. The average Bonchev–Trinajstić information content (AvgIpc) is 3.42. The number of hydrogen-bond acceptors (Lipinski definition) is 6. The smallest absolute Gasteiger partial charge is 0.263 e. The molecule has 2 aliphatic heterocycles. The van der Waals surface area contributed by atoms with Crippen LogP contribution in [-0.4, -0.2) is 43.3 Å². The molecule has 1 saturated heterocycles. The molecule has 5 rings (SSSR count). The maximum atomic E-state index is 13.2. The van der Waals surface area contributed by atoms with E-state index in [0.29, 0.717) is 28.9 Å². The summed E-state index contributed by atoms with van der Waals surface area (Å²) in [6.45, 7) is 2.14. The van der Waals surface area contributed by atoms with Gasteiger partial charge in [0.25, 0.3) is 10.0 Å². The molecular weight excluding hydrogens is 468 g/mol. The second-order valence-corrected chi connectivity index (χ2v) is 10.9. The molecule has 1 amide bonds. The first kappa shape index (κ1) is 21.4. The van der Waals surface area contributed by atoms with Crippen LogP contribution in [0.15, 0.2) is 58.9 Å². The Morgan fingerprint density at radius 2 is 1.91 bits per heavy atom. The zero-order valence-electron chi connectivity index (χ0n) is 17.1. The number of carbonyl (C=O) groups excluding carboxylic acids is 1. The SMILES string of the molecule is O=C1C(N2CCc3ccc(Cl)cc3C2)CCN1c1ccc(S(=O)(=O)Nc2nccs2)cc1. The summed E-state index contributed by atoms with van der Waals surface area (Å²) in [4.78, 5) is 21.2. The molecule has 3 aromatic rings. The molecule has 10 heteroatoms. The molecule has 0 spiro atoms. The predicted octanol–water partition coefficient (Wildman–Crippen LogP) is 3.76. The molecule has 2 aliphatic rings.